The molecule has 0 radical (unpaired) electrons. The van der Waals surface area contributed by atoms with Gasteiger partial charge in [-0.2, -0.15) is 0 Å². The molecule has 146 valence electrons. The summed E-state index contributed by atoms with van der Waals surface area (Å²) >= 11 is 7.51. The van der Waals surface area contributed by atoms with E-state index >= 15 is 0 Å². The molecule has 1 aromatic carbocycles. The predicted molar refractivity (Wildman–Crippen MR) is 123 cm³/mol. The number of nitrogens with zero attached hydrogens (tertiary/aromatic N) is 3. The van der Waals surface area contributed by atoms with Crippen LogP contribution in [0.4, 0.5) is 0 Å². The molecule has 1 unspecified atom stereocenters. The molecule has 27 heavy (non-hydrogen) atoms. The van der Waals surface area contributed by atoms with Gasteiger partial charge in [-0.1, -0.05) is 11.6 Å². The maximum Gasteiger partial charge on any atom is 0.193 e. The third-order valence-electron chi connectivity index (χ3n) is 3.59. The summed E-state index contributed by atoms with van der Waals surface area (Å²) in [5, 5.41) is 9.26. The number of halogens is 2. The van der Waals surface area contributed by atoms with Crippen molar-refractivity contribution in [1.82, 2.24) is 20.0 Å². The van der Waals surface area contributed by atoms with Gasteiger partial charge in [0.25, 0.3) is 0 Å². The highest BCUT2D eigenvalue weighted by Crippen LogP contribution is 2.16. The molecule has 1 atom stereocenters. The smallest absolute Gasteiger partial charge is 0.193 e. The second-order valence-electron chi connectivity index (χ2n) is 5.78. The Morgan fingerprint density at radius 3 is 2.81 bits per heavy atom. The van der Waals surface area contributed by atoms with E-state index in [9.17, 15) is 0 Å². The zero-order chi connectivity index (χ0) is 18.4. The maximum atomic E-state index is 5.89. The molecule has 3 rings (SSSR count). The summed E-state index contributed by atoms with van der Waals surface area (Å²) in [4.78, 5) is 10.1. The van der Waals surface area contributed by atoms with Crippen LogP contribution in [0.25, 0.3) is 4.96 Å². The molecule has 0 spiro atoms. The van der Waals surface area contributed by atoms with Gasteiger partial charge < -0.3 is 15.4 Å². The zero-order valence-corrected chi connectivity index (χ0v) is 19.1. The predicted octanol–water partition coefficient (Wildman–Crippen LogP) is 4.19. The highest BCUT2D eigenvalue weighted by Gasteiger charge is 2.07. The molecular weight excluding hydrogens is 497 g/mol. The quantitative estimate of drug-likeness (QED) is 0.279. The van der Waals surface area contributed by atoms with Gasteiger partial charge in [-0.15, -0.1) is 35.3 Å². The Morgan fingerprint density at radius 2 is 2.11 bits per heavy atom. The fourth-order valence-electron chi connectivity index (χ4n) is 2.38. The summed E-state index contributed by atoms with van der Waals surface area (Å²) in [6, 6.07) is 7.36. The Labute approximate surface area is 185 Å². The van der Waals surface area contributed by atoms with Crippen LogP contribution < -0.4 is 15.4 Å². The van der Waals surface area contributed by atoms with E-state index in [0.717, 1.165) is 28.9 Å². The zero-order valence-electron chi connectivity index (χ0n) is 15.2. The third kappa shape index (κ3) is 6.54. The lowest BCUT2D eigenvalue weighted by Gasteiger charge is -2.17. The van der Waals surface area contributed by atoms with Crippen molar-refractivity contribution >= 4 is 57.8 Å². The van der Waals surface area contributed by atoms with Crippen LogP contribution in [0.15, 0.2) is 47.0 Å². The third-order valence-corrected chi connectivity index (χ3v) is 4.62. The topological polar surface area (TPSA) is 63.0 Å². The van der Waals surface area contributed by atoms with Crippen LogP contribution >= 0.6 is 46.9 Å². The molecule has 0 saturated carbocycles. The van der Waals surface area contributed by atoms with Gasteiger partial charge in [-0.3, -0.25) is 4.40 Å². The molecule has 9 heteroatoms. The van der Waals surface area contributed by atoms with E-state index in [-0.39, 0.29) is 30.1 Å². The molecule has 3 aromatic rings. The number of ether oxygens (including phenoxy) is 1. The van der Waals surface area contributed by atoms with Gasteiger partial charge >= 0.3 is 0 Å². The first-order chi connectivity index (χ1) is 12.6. The van der Waals surface area contributed by atoms with Crippen molar-refractivity contribution < 1.29 is 4.74 Å². The van der Waals surface area contributed by atoms with Crippen molar-refractivity contribution in [2.45, 2.75) is 26.5 Å². The number of aromatic nitrogens is 2. The summed E-state index contributed by atoms with van der Waals surface area (Å²) in [6.07, 6.45) is 3.99. The fourth-order valence-corrected chi connectivity index (χ4v) is 3.23. The molecule has 2 aromatic heterocycles. The number of guanidine groups is 1. The molecule has 0 fully saturated rings. The second kappa shape index (κ2) is 10.7. The minimum absolute atomic E-state index is 0. The first-order valence-corrected chi connectivity index (χ1v) is 9.75. The van der Waals surface area contributed by atoms with Gasteiger partial charge in [0, 0.05) is 29.3 Å². The lowest BCUT2D eigenvalue weighted by molar-refractivity contribution is 0.224. The van der Waals surface area contributed by atoms with Gasteiger partial charge in [0.2, 0.25) is 0 Å². The lowest BCUT2D eigenvalue weighted by atomic mass is 10.3. The standard InChI is InChI=1S/C18H22ClN5OS.HI/c1-3-20-17(22-11-15-12-24-8-9-26-18(24)23-15)21-10-13(2)25-16-6-4-14(19)5-7-16;/h4-9,12-13H,3,10-11H2,1-2H3,(H2,20,21,22);1H. The Kier molecular flexibility index (Phi) is 8.65. The van der Waals surface area contributed by atoms with Gasteiger partial charge in [0.15, 0.2) is 10.9 Å². The maximum absolute atomic E-state index is 5.89. The van der Waals surface area contributed by atoms with E-state index in [0.29, 0.717) is 18.1 Å². The number of thiazole rings is 1. The lowest BCUT2D eigenvalue weighted by Crippen LogP contribution is -2.41. The molecule has 0 amide bonds. The highest BCUT2D eigenvalue weighted by atomic mass is 127. The van der Waals surface area contributed by atoms with Crippen molar-refractivity contribution in [3.05, 3.63) is 52.8 Å². The fraction of sp³-hybridized carbons (Fsp3) is 0.333. The van der Waals surface area contributed by atoms with Crippen molar-refractivity contribution in [3.63, 3.8) is 0 Å². The van der Waals surface area contributed by atoms with Gasteiger partial charge in [-0.25, -0.2) is 9.98 Å². The van der Waals surface area contributed by atoms with Crippen molar-refractivity contribution in [3.8, 4) is 5.75 Å². The summed E-state index contributed by atoms with van der Waals surface area (Å²) in [6.45, 7) is 5.99. The minimum atomic E-state index is -0.0158. The van der Waals surface area contributed by atoms with Crippen LogP contribution in [0.3, 0.4) is 0 Å². The molecule has 0 saturated heterocycles. The Hall–Kier alpha value is -1.52. The van der Waals surface area contributed by atoms with Crippen LogP contribution in [-0.4, -0.2) is 34.5 Å². The summed E-state index contributed by atoms with van der Waals surface area (Å²) in [5.74, 6) is 1.54. The SMILES string of the molecule is CCNC(=NCc1cn2ccsc2n1)NCC(C)Oc1ccc(Cl)cc1.I. The number of nitrogens with one attached hydrogen (secondary N) is 2. The van der Waals surface area contributed by atoms with Crippen molar-refractivity contribution in [2.75, 3.05) is 13.1 Å². The minimum Gasteiger partial charge on any atom is -0.489 e. The molecule has 0 aliphatic carbocycles. The summed E-state index contributed by atoms with van der Waals surface area (Å²) in [7, 11) is 0. The second-order valence-corrected chi connectivity index (χ2v) is 7.09. The van der Waals surface area contributed by atoms with E-state index in [2.05, 4.69) is 20.6 Å². The molecule has 0 bridgehead atoms. The first-order valence-electron chi connectivity index (χ1n) is 8.49. The van der Waals surface area contributed by atoms with E-state index in [1.165, 1.54) is 0 Å². The van der Waals surface area contributed by atoms with Gasteiger partial charge in [0.1, 0.15) is 11.9 Å². The largest absolute Gasteiger partial charge is 0.489 e. The molecular formula is C18H23ClIN5OS. The molecule has 2 N–H and O–H groups in total. The number of hydrogen-bond donors (Lipinski definition) is 2. The number of rotatable bonds is 7. The molecule has 2 heterocycles. The van der Waals surface area contributed by atoms with Gasteiger partial charge in [-0.05, 0) is 38.1 Å². The number of benzene rings is 1. The van der Waals surface area contributed by atoms with Crippen molar-refractivity contribution in [2.24, 2.45) is 4.99 Å². The number of aliphatic imine (C=N–C) groups is 1. The average molecular weight is 520 g/mol. The normalized spacial score (nSPS) is 12.5. The number of hydrogen-bond acceptors (Lipinski definition) is 4. The highest BCUT2D eigenvalue weighted by molar-refractivity contribution is 14.0. The molecule has 6 nitrogen and oxygen atoms in total. The number of fused-ring (bicyclic) bond motifs is 1. The Balaban J connectivity index is 0.00000261. The summed E-state index contributed by atoms with van der Waals surface area (Å²) < 4.78 is 7.88. The van der Waals surface area contributed by atoms with Gasteiger partial charge in [0.05, 0.1) is 18.8 Å². The molecule has 0 aliphatic rings. The first kappa shape index (κ1) is 21.8. The van der Waals surface area contributed by atoms with E-state index in [1.807, 2.05) is 60.3 Å². The Morgan fingerprint density at radius 1 is 1.33 bits per heavy atom. The van der Waals surface area contributed by atoms with Crippen LogP contribution in [0, 0.1) is 0 Å². The molecule has 0 aliphatic heterocycles. The van der Waals surface area contributed by atoms with E-state index < -0.39 is 0 Å². The van der Waals surface area contributed by atoms with Crippen LogP contribution in [-0.2, 0) is 6.54 Å². The average Bonchev–Trinajstić information content (AvgIpc) is 3.21. The Bertz CT molecular complexity index is 836. The van der Waals surface area contributed by atoms with Crippen LogP contribution in [0.1, 0.15) is 19.5 Å². The summed E-state index contributed by atoms with van der Waals surface area (Å²) in [5.41, 5.74) is 0.944. The van der Waals surface area contributed by atoms with Crippen LogP contribution in [0.5, 0.6) is 5.75 Å². The van der Waals surface area contributed by atoms with E-state index in [1.54, 1.807) is 11.3 Å². The van der Waals surface area contributed by atoms with E-state index in [4.69, 9.17) is 16.3 Å². The van der Waals surface area contributed by atoms with Crippen molar-refractivity contribution in [1.29, 1.82) is 0 Å². The van der Waals surface area contributed by atoms with Crippen LogP contribution in [0.2, 0.25) is 5.02 Å². The monoisotopic (exact) mass is 519 g/mol. The number of imidazole rings is 1.